The lowest BCUT2D eigenvalue weighted by molar-refractivity contribution is 0.384. The first kappa shape index (κ1) is 11.4. The Hall–Kier alpha value is -1.65. The van der Waals surface area contributed by atoms with E-state index in [1.165, 1.54) is 25.7 Å². The molecule has 1 aromatic rings. The molecule has 18 heavy (non-hydrogen) atoms. The van der Waals surface area contributed by atoms with Crippen LogP contribution in [0.15, 0.2) is 11.1 Å². The van der Waals surface area contributed by atoms with Crippen molar-refractivity contribution in [2.45, 2.75) is 51.6 Å². The van der Waals surface area contributed by atoms with E-state index in [9.17, 15) is 0 Å². The molecular formula is C13H19N5. The molecule has 0 radical (unpaired) electrons. The number of fused-ring (bicyclic) bond motifs is 1. The average molecular weight is 245 g/mol. The summed E-state index contributed by atoms with van der Waals surface area (Å²) < 4.78 is 0. The van der Waals surface area contributed by atoms with Gasteiger partial charge in [-0.15, -0.1) is 0 Å². The van der Waals surface area contributed by atoms with Gasteiger partial charge in [0.2, 0.25) is 5.95 Å². The highest BCUT2D eigenvalue weighted by molar-refractivity contribution is 5.93. The average Bonchev–Trinajstić information content (AvgIpc) is 2.69. The largest absolute Gasteiger partial charge is 0.351 e. The van der Waals surface area contributed by atoms with Crippen molar-refractivity contribution in [3.8, 4) is 0 Å². The van der Waals surface area contributed by atoms with Crippen molar-refractivity contribution in [2.75, 3.05) is 5.32 Å². The maximum Gasteiger partial charge on any atom is 0.229 e. The number of hydrogen-bond acceptors (Lipinski definition) is 5. The second-order valence-electron chi connectivity index (χ2n) is 5.18. The van der Waals surface area contributed by atoms with Crippen LogP contribution in [0.1, 0.15) is 37.1 Å². The summed E-state index contributed by atoms with van der Waals surface area (Å²) >= 11 is 0. The van der Waals surface area contributed by atoms with E-state index in [0.717, 1.165) is 17.3 Å². The number of rotatable bonds is 1. The lowest BCUT2D eigenvalue weighted by Gasteiger charge is -2.22. The highest BCUT2D eigenvalue weighted by atomic mass is 15.3. The number of aromatic nitrogens is 2. The van der Waals surface area contributed by atoms with Crippen LogP contribution in [0.25, 0.3) is 0 Å². The van der Waals surface area contributed by atoms with Crippen molar-refractivity contribution >= 4 is 11.9 Å². The van der Waals surface area contributed by atoms with E-state index in [4.69, 9.17) is 0 Å². The van der Waals surface area contributed by atoms with E-state index >= 15 is 0 Å². The third-order valence-corrected chi connectivity index (χ3v) is 3.56. The lowest BCUT2D eigenvalue weighted by Crippen LogP contribution is -2.39. The molecule has 5 heteroatoms. The molecule has 2 aliphatic rings. The minimum atomic E-state index is 0.437. The second-order valence-corrected chi connectivity index (χ2v) is 5.18. The first-order valence-corrected chi connectivity index (χ1v) is 6.64. The molecule has 3 rings (SSSR count). The summed E-state index contributed by atoms with van der Waals surface area (Å²) in [6, 6.07) is 2.91. The van der Waals surface area contributed by atoms with Crippen molar-refractivity contribution in [1.29, 1.82) is 0 Å². The maximum atomic E-state index is 4.68. The Morgan fingerprint density at radius 3 is 2.61 bits per heavy atom. The number of aryl methyl sites for hydroxylation is 2. The molecule has 1 aliphatic heterocycles. The molecular weight excluding hydrogens is 226 g/mol. The van der Waals surface area contributed by atoms with Crippen molar-refractivity contribution in [2.24, 2.45) is 4.99 Å². The van der Waals surface area contributed by atoms with Crippen molar-refractivity contribution in [3.63, 3.8) is 0 Å². The van der Waals surface area contributed by atoms with Gasteiger partial charge in [0.15, 0.2) is 5.96 Å². The molecule has 1 saturated carbocycles. The van der Waals surface area contributed by atoms with Gasteiger partial charge in [0.1, 0.15) is 0 Å². The Morgan fingerprint density at radius 2 is 1.89 bits per heavy atom. The van der Waals surface area contributed by atoms with Gasteiger partial charge in [0, 0.05) is 11.4 Å². The van der Waals surface area contributed by atoms with Crippen LogP contribution < -0.4 is 10.6 Å². The standard InChI is InChI=1S/C13H19N5/c1-8-7-9(2)15-12(14-8)18-13-16-10-5-3-4-6-11(10)17-13/h7,10-11H,3-6H2,1-2H3,(H2,14,15,16,17,18)/t10-,11-/m1/s1. The minimum Gasteiger partial charge on any atom is -0.351 e. The monoisotopic (exact) mass is 245 g/mol. The molecule has 0 bridgehead atoms. The van der Waals surface area contributed by atoms with Crippen LogP contribution in [0.4, 0.5) is 5.95 Å². The topological polar surface area (TPSA) is 62.2 Å². The van der Waals surface area contributed by atoms with E-state index in [2.05, 4.69) is 25.6 Å². The third-order valence-electron chi connectivity index (χ3n) is 3.56. The molecule has 1 aromatic heterocycles. The van der Waals surface area contributed by atoms with E-state index in [1.807, 2.05) is 19.9 Å². The van der Waals surface area contributed by atoms with Crippen LogP contribution in [0.5, 0.6) is 0 Å². The number of nitrogens with one attached hydrogen (secondary N) is 2. The first-order chi connectivity index (χ1) is 8.70. The molecule has 5 nitrogen and oxygen atoms in total. The van der Waals surface area contributed by atoms with Gasteiger partial charge < -0.3 is 5.32 Å². The fraction of sp³-hybridized carbons (Fsp3) is 0.615. The summed E-state index contributed by atoms with van der Waals surface area (Å²) in [4.78, 5) is 13.4. The Bertz CT molecular complexity index is 462. The number of hydrogen-bond donors (Lipinski definition) is 2. The number of guanidine groups is 1. The summed E-state index contributed by atoms with van der Waals surface area (Å²) in [6.45, 7) is 3.95. The number of aliphatic imine (C=N–C) groups is 1. The van der Waals surface area contributed by atoms with Crippen LogP contribution in [0.3, 0.4) is 0 Å². The summed E-state index contributed by atoms with van der Waals surface area (Å²) in [7, 11) is 0. The van der Waals surface area contributed by atoms with E-state index in [0.29, 0.717) is 18.0 Å². The predicted molar refractivity (Wildman–Crippen MR) is 71.7 cm³/mol. The minimum absolute atomic E-state index is 0.437. The summed E-state index contributed by atoms with van der Waals surface area (Å²) in [5.74, 6) is 1.47. The zero-order valence-corrected chi connectivity index (χ0v) is 10.9. The van der Waals surface area contributed by atoms with Crippen molar-refractivity contribution in [3.05, 3.63) is 17.5 Å². The zero-order valence-electron chi connectivity index (χ0n) is 10.9. The Labute approximate surface area is 107 Å². The van der Waals surface area contributed by atoms with Gasteiger partial charge in [-0.1, -0.05) is 12.8 Å². The normalized spacial score (nSPS) is 26.2. The third kappa shape index (κ3) is 2.30. The number of anilines is 1. The fourth-order valence-electron chi connectivity index (χ4n) is 2.77. The summed E-state index contributed by atoms with van der Waals surface area (Å²) in [5.41, 5.74) is 1.95. The smallest absolute Gasteiger partial charge is 0.229 e. The lowest BCUT2D eigenvalue weighted by atomic mass is 9.92. The molecule has 0 aromatic carbocycles. The van der Waals surface area contributed by atoms with Gasteiger partial charge in [-0.3, -0.25) is 5.32 Å². The number of nitrogens with zero attached hydrogens (tertiary/aromatic N) is 3. The van der Waals surface area contributed by atoms with Gasteiger partial charge in [0.05, 0.1) is 12.1 Å². The quantitative estimate of drug-likeness (QED) is 0.791. The Balaban J connectivity index is 1.73. The van der Waals surface area contributed by atoms with Crippen LogP contribution in [-0.2, 0) is 0 Å². The molecule has 2 heterocycles. The summed E-state index contributed by atoms with van der Waals surface area (Å²) in [5, 5.41) is 6.63. The van der Waals surface area contributed by atoms with Gasteiger partial charge in [-0.2, -0.15) is 0 Å². The molecule has 0 amide bonds. The van der Waals surface area contributed by atoms with Gasteiger partial charge in [-0.25, -0.2) is 15.0 Å². The van der Waals surface area contributed by atoms with E-state index < -0.39 is 0 Å². The molecule has 2 atom stereocenters. The molecule has 1 fully saturated rings. The maximum absolute atomic E-state index is 4.68. The molecule has 2 N–H and O–H groups in total. The van der Waals surface area contributed by atoms with Crippen molar-refractivity contribution < 1.29 is 0 Å². The van der Waals surface area contributed by atoms with Crippen molar-refractivity contribution in [1.82, 2.24) is 15.3 Å². The van der Waals surface area contributed by atoms with Crippen LogP contribution in [-0.4, -0.2) is 28.0 Å². The van der Waals surface area contributed by atoms with Gasteiger partial charge in [-0.05, 0) is 32.8 Å². The second kappa shape index (κ2) is 4.55. The van der Waals surface area contributed by atoms with Crippen LogP contribution in [0, 0.1) is 13.8 Å². The highest BCUT2D eigenvalue weighted by Gasteiger charge is 2.30. The van der Waals surface area contributed by atoms with E-state index in [1.54, 1.807) is 0 Å². The summed E-state index contributed by atoms with van der Waals surface area (Å²) in [6.07, 6.45) is 5.00. The SMILES string of the molecule is Cc1cc(C)nc(NC2=N[C@@H]3CCCC[C@H]3N2)n1. The van der Waals surface area contributed by atoms with Crippen LogP contribution >= 0.6 is 0 Å². The highest BCUT2D eigenvalue weighted by Crippen LogP contribution is 2.24. The Morgan fingerprint density at radius 1 is 1.17 bits per heavy atom. The predicted octanol–water partition coefficient (Wildman–Crippen LogP) is 1.78. The molecule has 0 spiro atoms. The molecule has 96 valence electrons. The molecule has 0 unspecified atom stereocenters. The van der Waals surface area contributed by atoms with E-state index in [-0.39, 0.29) is 0 Å². The van der Waals surface area contributed by atoms with Crippen LogP contribution in [0.2, 0.25) is 0 Å². The van der Waals surface area contributed by atoms with Gasteiger partial charge in [0.25, 0.3) is 0 Å². The van der Waals surface area contributed by atoms with Gasteiger partial charge >= 0.3 is 0 Å². The Kier molecular flexibility index (Phi) is 2.89. The zero-order chi connectivity index (χ0) is 12.5. The molecule has 0 saturated heterocycles. The fourth-order valence-corrected chi connectivity index (χ4v) is 2.77. The first-order valence-electron chi connectivity index (χ1n) is 6.64. The molecule has 1 aliphatic carbocycles.